The third kappa shape index (κ3) is 3.26. The lowest BCUT2D eigenvalue weighted by Gasteiger charge is -2.11. The molecule has 10 heteroatoms. The zero-order chi connectivity index (χ0) is 15.3. The zero-order valence-corrected chi connectivity index (χ0v) is 11.4. The number of benzene rings is 1. The molecule has 108 valence electrons. The number of guanidine groups is 1. The molecule has 0 saturated heterocycles. The van der Waals surface area contributed by atoms with E-state index in [-0.39, 0.29) is 27.8 Å². The van der Waals surface area contributed by atoms with Crippen molar-refractivity contribution < 1.29 is 14.4 Å². The van der Waals surface area contributed by atoms with Crippen molar-refractivity contribution in [2.75, 3.05) is 14.2 Å². The Morgan fingerprint density at radius 1 is 1.60 bits per heavy atom. The lowest BCUT2D eigenvalue weighted by atomic mass is 10.1. The summed E-state index contributed by atoms with van der Waals surface area (Å²) < 4.78 is 10.0. The van der Waals surface area contributed by atoms with Crippen LogP contribution in [0.3, 0.4) is 0 Å². The fourth-order valence-corrected chi connectivity index (χ4v) is 1.71. The Hall–Kier alpha value is -2.55. The molecule has 0 unspecified atom stereocenters. The Morgan fingerprint density at radius 3 is 2.70 bits per heavy atom. The van der Waals surface area contributed by atoms with Crippen molar-refractivity contribution in [3.05, 3.63) is 26.8 Å². The first-order valence-corrected chi connectivity index (χ1v) is 5.52. The van der Waals surface area contributed by atoms with Crippen LogP contribution in [0.4, 0.5) is 5.69 Å². The number of nitro benzene ring substituents is 1. The van der Waals surface area contributed by atoms with Crippen molar-refractivity contribution >= 4 is 29.5 Å². The fraction of sp³-hybridized carbons (Fsp3) is 0.200. The quantitative estimate of drug-likeness (QED) is 0.322. The molecule has 0 heterocycles. The molecule has 0 aliphatic heterocycles. The number of hydrogen-bond acceptors (Lipinski definition) is 6. The summed E-state index contributed by atoms with van der Waals surface area (Å²) in [6.07, 6.45) is 1.07. The van der Waals surface area contributed by atoms with Crippen LogP contribution in [0, 0.1) is 15.5 Å². The molecule has 0 aromatic heterocycles. The van der Waals surface area contributed by atoms with Gasteiger partial charge in [-0.3, -0.25) is 15.5 Å². The Labute approximate surface area is 119 Å². The van der Waals surface area contributed by atoms with Gasteiger partial charge in [0.05, 0.1) is 37.0 Å². The molecule has 0 fully saturated rings. The summed E-state index contributed by atoms with van der Waals surface area (Å²) in [6.45, 7) is 0. The van der Waals surface area contributed by atoms with E-state index in [0.29, 0.717) is 0 Å². The standard InChI is InChI=1S/C10H12ClN5O4/c1-19-7-3-6(16(17)18)5(4-14-15-10(12)13)8(11)9(7)20-2/h3-4H,1-2H3,(H4,12,13,15). The number of nitrogens with zero attached hydrogens (tertiary/aromatic N) is 2. The second-order valence-corrected chi connectivity index (χ2v) is 3.78. The van der Waals surface area contributed by atoms with Crippen LogP contribution in [0.15, 0.2) is 11.2 Å². The summed E-state index contributed by atoms with van der Waals surface area (Å²) in [7, 11) is 2.69. The highest BCUT2D eigenvalue weighted by molar-refractivity contribution is 6.35. The molecule has 0 aliphatic carbocycles. The van der Waals surface area contributed by atoms with Crippen molar-refractivity contribution in [2.24, 2.45) is 10.8 Å². The summed E-state index contributed by atoms with van der Waals surface area (Å²) in [5, 5.41) is 21.5. The van der Waals surface area contributed by atoms with Gasteiger partial charge < -0.3 is 15.2 Å². The van der Waals surface area contributed by atoms with Gasteiger partial charge in [0, 0.05) is 0 Å². The van der Waals surface area contributed by atoms with Gasteiger partial charge in [-0.15, -0.1) is 0 Å². The van der Waals surface area contributed by atoms with Crippen LogP contribution < -0.4 is 20.6 Å². The average Bonchev–Trinajstić information content (AvgIpc) is 2.39. The van der Waals surface area contributed by atoms with E-state index in [9.17, 15) is 10.1 Å². The monoisotopic (exact) mass is 301 g/mol. The van der Waals surface area contributed by atoms with Crippen LogP contribution >= 0.6 is 11.6 Å². The fourth-order valence-electron chi connectivity index (χ4n) is 1.39. The number of nitro groups is 1. The van der Waals surface area contributed by atoms with Gasteiger partial charge in [0.25, 0.3) is 5.69 Å². The van der Waals surface area contributed by atoms with Gasteiger partial charge in [0.2, 0.25) is 5.96 Å². The second-order valence-electron chi connectivity index (χ2n) is 3.40. The Bertz CT molecular complexity index is 575. The van der Waals surface area contributed by atoms with Gasteiger partial charge in [-0.2, -0.15) is 5.10 Å². The summed E-state index contributed by atoms with van der Waals surface area (Å²) in [4.78, 5) is 10.4. The smallest absolute Gasteiger partial charge is 0.283 e. The molecule has 0 aliphatic rings. The zero-order valence-electron chi connectivity index (χ0n) is 10.6. The third-order valence-electron chi connectivity index (χ3n) is 2.20. The van der Waals surface area contributed by atoms with Crippen LogP contribution in [0.2, 0.25) is 5.02 Å². The molecule has 1 aromatic rings. The Kier molecular flexibility index (Phi) is 5.09. The summed E-state index contributed by atoms with van der Waals surface area (Å²) in [5.74, 6) is -0.148. The normalized spacial score (nSPS) is 10.3. The highest BCUT2D eigenvalue weighted by Gasteiger charge is 2.24. The van der Waals surface area contributed by atoms with E-state index in [4.69, 9.17) is 32.2 Å². The molecule has 0 bridgehead atoms. The number of ether oxygens (including phenoxy) is 2. The molecule has 20 heavy (non-hydrogen) atoms. The van der Waals surface area contributed by atoms with Crippen LogP contribution in [0.1, 0.15) is 5.56 Å². The topological polar surface area (TPSA) is 136 Å². The molecule has 0 spiro atoms. The van der Waals surface area contributed by atoms with Crippen molar-refractivity contribution in [1.29, 1.82) is 5.41 Å². The Balaban J connectivity index is 3.42. The van der Waals surface area contributed by atoms with E-state index in [0.717, 1.165) is 6.21 Å². The van der Waals surface area contributed by atoms with Gasteiger partial charge in [0.1, 0.15) is 5.02 Å². The van der Waals surface area contributed by atoms with E-state index >= 15 is 0 Å². The first-order chi connectivity index (χ1) is 9.42. The maximum absolute atomic E-state index is 11.0. The van der Waals surface area contributed by atoms with Crippen LogP contribution in [0.5, 0.6) is 11.5 Å². The minimum absolute atomic E-state index is 0.00284. The maximum Gasteiger partial charge on any atom is 0.283 e. The molecule has 9 nitrogen and oxygen atoms in total. The molecule has 1 aromatic carbocycles. The molecule has 0 amide bonds. The average molecular weight is 302 g/mol. The highest BCUT2D eigenvalue weighted by atomic mass is 35.5. The summed E-state index contributed by atoms with van der Waals surface area (Å²) in [6, 6.07) is 1.17. The number of hydrogen-bond donors (Lipinski definition) is 3. The lowest BCUT2D eigenvalue weighted by molar-refractivity contribution is -0.385. The number of nitrogens with one attached hydrogen (secondary N) is 2. The molecule has 0 saturated carbocycles. The van der Waals surface area contributed by atoms with E-state index in [1.807, 2.05) is 0 Å². The van der Waals surface area contributed by atoms with Gasteiger partial charge in [-0.05, 0) is 0 Å². The van der Waals surface area contributed by atoms with Crippen LogP contribution in [-0.4, -0.2) is 31.3 Å². The molecule has 4 N–H and O–H groups in total. The molecular formula is C10H12ClN5O4. The minimum Gasteiger partial charge on any atom is -0.493 e. The summed E-state index contributed by atoms with van der Waals surface area (Å²) >= 11 is 6.04. The summed E-state index contributed by atoms with van der Waals surface area (Å²) in [5.41, 5.74) is 6.86. The Morgan fingerprint density at radius 2 is 2.25 bits per heavy atom. The molecular weight excluding hydrogens is 290 g/mol. The number of methoxy groups -OCH3 is 2. The van der Waals surface area contributed by atoms with Crippen molar-refractivity contribution in [3.63, 3.8) is 0 Å². The first-order valence-electron chi connectivity index (χ1n) is 5.14. The van der Waals surface area contributed by atoms with E-state index in [1.54, 1.807) is 0 Å². The molecule has 0 atom stereocenters. The van der Waals surface area contributed by atoms with Crippen LogP contribution in [-0.2, 0) is 0 Å². The number of hydrazone groups is 1. The minimum atomic E-state index is -0.636. The van der Waals surface area contributed by atoms with E-state index in [1.165, 1.54) is 20.3 Å². The number of halogens is 1. The van der Waals surface area contributed by atoms with Gasteiger partial charge in [0.15, 0.2) is 11.5 Å². The largest absolute Gasteiger partial charge is 0.493 e. The predicted molar refractivity (Wildman–Crippen MR) is 73.9 cm³/mol. The van der Waals surface area contributed by atoms with Gasteiger partial charge in [-0.1, -0.05) is 11.6 Å². The highest BCUT2D eigenvalue weighted by Crippen LogP contribution is 2.41. The van der Waals surface area contributed by atoms with Crippen molar-refractivity contribution in [3.8, 4) is 11.5 Å². The first kappa shape index (κ1) is 15.5. The van der Waals surface area contributed by atoms with E-state index < -0.39 is 10.9 Å². The second kappa shape index (κ2) is 6.57. The van der Waals surface area contributed by atoms with Gasteiger partial charge in [-0.25, -0.2) is 5.43 Å². The predicted octanol–water partition coefficient (Wildman–Crippen LogP) is 1.08. The van der Waals surface area contributed by atoms with Crippen LogP contribution in [0.25, 0.3) is 0 Å². The van der Waals surface area contributed by atoms with Gasteiger partial charge >= 0.3 is 0 Å². The number of nitrogens with two attached hydrogens (primary N) is 1. The van der Waals surface area contributed by atoms with Crippen molar-refractivity contribution in [2.45, 2.75) is 0 Å². The molecule has 1 rings (SSSR count). The lowest BCUT2D eigenvalue weighted by Crippen LogP contribution is -2.25. The molecule has 0 radical (unpaired) electrons. The van der Waals surface area contributed by atoms with E-state index in [2.05, 4.69) is 10.5 Å². The number of rotatable bonds is 5. The van der Waals surface area contributed by atoms with Crippen molar-refractivity contribution in [1.82, 2.24) is 5.43 Å². The third-order valence-corrected chi connectivity index (χ3v) is 2.58. The maximum atomic E-state index is 11.0. The SMILES string of the molecule is COc1cc([N+](=O)[O-])c(C=NNC(=N)N)c(Cl)c1OC.